The molecule has 0 radical (unpaired) electrons. The summed E-state index contributed by atoms with van der Waals surface area (Å²) in [6, 6.07) is 0. The Hall–Kier alpha value is -0.570. The number of hydrogen-bond donors (Lipinski definition) is 1. The summed E-state index contributed by atoms with van der Waals surface area (Å²) in [6.45, 7) is 6.37. The van der Waals surface area contributed by atoms with Gasteiger partial charge in [-0.3, -0.25) is 4.79 Å². The number of ether oxygens (including phenoxy) is 1. The van der Waals surface area contributed by atoms with Crippen molar-refractivity contribution in [2.45, 2.75) is 71.0 Å². The van der Waals surface area contributed by atoms with E-state index in [4.69, 9.17) is 4.74 Å². The summed E-state index contributed by atoms with van der Waals surface area (Å²) in [5, 5.41) is 10.9. The maximum atomic E-state index is 12.5. The first kappa shape index (κ1) is 14.0. The number of carbonyl (C=O) groups is 1. The molecule has 1 N–H and O–H groups in total. The Kier molecular flexibility index (Phi) is 2.84. The van der Waals surface area contributed by atoms with Crippen LogP contribution in [-0.2, 0) is 9.53 Å². The van der Waals surface area contributed by atoms with Crippen molar-refractivity contribution < 1.29 is 14.6 Å². The van der Waals surface area contributed by atoms with Crippen LogP contribution in [0.2, 0.25) is 0 Å². The molecule has 3 heteroatoms. The van der Waals surface area contributed by atoms with E-state index >= 15 is 0 Å². The minimum atomic E-state index is -0.856. The van der Waals surface area contributed by atoms with Crippen LogP contribution in [0.4, 0.5) is 0 Å². The number of fused-ring (bicyclic) bond motifs is 4. The first-order chi connectivity index (χ1) is 9.80. The van der Waals surface area contributed by atoms with E-state index in [9.17, 15) is 9.90 Å². The number of rotatable bonds is 2. The molecule has 5 rings (SSSR count). The van der Waals surface area contributed by atoms with Gasteiger partial charge in [0, 0.05) is 0 Å². The summed E-state index contributed by atoms with van der Waals surface area (Å²) >= 11 is 0. The Morgan fingerprint density at radius 1 is 1.10 bits per heavy atom. The molecule has 0 amide bonds. The maximum absolute atomic E-state index is 12.5. The first-order valence-corrected chi connectivity index (χ1v) is 8.73. The predicted molar refractivity (Wildman–Crippen MR) is 79.4 cm³/mol. The molecule has 0 spiro atoms. The summed E-state index contributed by atoms with van der Waals surface area (Å²) in [5.41, 5.74) is -0.662. The number of carbonyl (C=O) groups excluding carboxylic acids is 1. The molecule has 0 saturated heterocycles. The second-order valence-electron chi connectivity index (χ2n) is 8.97. The van der Waals surface area contributed by atoms with Gasteiger partial charge in [0.15, 0.2) is 0 Å². The molecule has 4 bridgehead atoms. The normalized spacial score (nSPS) is 53.3. The molecule has 5 aliphatic rings. The lowest BCUT2D eigenvalue weighted by Gasteiger charge is -2.64. The fourth-order valence-electron chi connectivity index (χ4n) is 6.06. The molecule has 118 valence electrons. The Morgan fingerprint density at radius 3 is 2.38 bits per heavy atom. The summed E-state index contributed by atoms with van der Waals surface area (Å²) in [7, 11) is 0. The molecule has 7 unspecified atom stereocenters. The highest BCUT2D eigenvalue weighted by molar-refractivity contribution is 5.73. The van der Waals surface area contributed by atoms with E-state index in [-0.39, 0.29) is 29.3 Å². The number of esters is 1. The minimum Gasteiger partial charge on any atom is -0.459 e. The molecule has 7 atom stereocenters. The molecule has 0 aliphatic heterocycles. The fourth-order valence-corrected chi connectivity index (χ4v) is 6.06. The molecule has 0 aromatic carbocycles. The van der Waals surface area contributed by atoms with E-state index in [0.717, 1.165) is 25.2 Å². The third-order valence-corrected chi connectivity index (χ3v) is 7.63. The summed E-state index contributed by atoms with van der Waals surface area (Å²) in [4.78, 5) is 12.5. The molecule has 0 aromatic rings. The highest BCUT2D eigenvalue weighted by atomic mass is 16.6. The standard InChI is InChI=1S/C18H28O3/c1-17(2)12-8-14(17)18(3,20)15(9-12)21-16(19)13-7-10-4-5-11(13)6-10/h10-15,20H,4-9H2,1-3H3. The summed E-state index contributed by atoms with van der Waals surface area (Å²) < 4.78 is 5.85. The van der Waals surface area contributed by atoms with Gasteiger partial charge in [-0.2, -0.15) is 0 Å². The molecular formula is C18H28O3. The van der Waals surface area contributed by atoms with Crippen molar-refractivity contribution in [3.63, 3.8) is 0 Å². The Balaban J connectivity index is 1.45. The second-order valence-corrected chi connectivity index (χ2v) is 8.97. The van der Waals surface area contributed by atoms with E-state index in [1.807, 2.05) is 6.92 Å². The average molecular weight is 292 g/mol. The lowest BCUT2D eigenvalue weighted by molar-refractivity contribution is -0.255. The van der Waals surface area contributed by atoms with Gasteiger partial charge in [0.1, 0.15) is 11.7 Å². The molecule has 5 fully saturated rings. The van der Waals surface area contributed by atoms with Crippen molar-refractivity contribution >= 4 is 5.97 Å². The molecule has 5 saturated carbocycles. The van der Waals surface area contributed by atoms with Crippen molar-refractivity contribution in [2.24, 2.45) is 35.0 Å². The van der Waals surface area contributed by atoms with Gasteiger partial charge in [0.25, 0.3) is 0 Å². The summed E-state index contributed by atoms with van der Waals surface area (Å²) in [5.74, 6) is 2.27. The van der Waals surface area contributed by atoms with Gasteiger partial charge in [-0.1, -0.05) is 20.3 Å². The van der Waals surface area contributed by atoms with E-state index < -0.39 is 5.60 Å². The van der Waals surface area contributed by atoms with Gasteiger partial charge in [0.2, 0.25) is 0 Å². The highest BCUT2D eigenvalue weighted by Crippen LogP contribution is 2.63. The zero-order valence-corrected chi connectivity index (χ0v) is 13.5. The number of aliphatic hydroxyl groups is 1. The molecule has 0 aromatic heterocycles. The average Bonchev–Trinajstić information content (AvgIpc) is 3.02. The lowest BCUT2D eigenvalue weighted by atomic mass is 9.43. The van der Waals surface area contributed by atoms with Crippen LogP contribution in [0.15, 0.2) is 0 Å². The van der Waals surface area contributed by atoms with E-state index in [1.165, 1.54) is 19.3 Å². The SMILES string of the molecule is CC1(C)C2CC(OC(=O)C3CC4CCC3C4)C(C)(O)C1C2. The summed E-state index contributed by atoms with van der Waals surface area (Å²) in [6.07, 6.45) is 6.37. The Morgan fingerprint density at radius 2 is 1.86 bits per heavy atom. The van der Waals surface area contributed by atoms with Crippen molar-refractivity contribution in [1.82, 2.24) is 0 Å². The van der Waals surface area contributed by atoms with Gasteiger partial charge in [-0.05, 0) is 68.1 Å². The third kappa shape index (κ3) is 1.85. The second kappa shape index (κ2) is 4.24. The third-order valence-electron chi connectivity index (χ3n) is 7.63. The van der Waals surface area contributed by atoms with Crippen LogP contribution < -0.4 is 0 Å². The quantitative estimate of drug-likeness (QED) is 0.795. The largest absolute Gasteiger partial charge is 0.459 e. The van der Waals surface area contributed by atoms with E-state index in [2.05, 4.69) is 13.8 Å². The van der Waals surface area contributed by atoms with Gasteiger partial charge in [-0.25, -0.2) is 0 Å². The van der Waals surface area contributed by atoms with Crippen LogP contribution in [0.25, 0.3) is 0 Å². The van der Waals surface area contributed by atoms with E-state index in [0.29, 0.717) is 11.8 Å². The van der Waals surface area contributed by atoms with Crippen molar-refractivity contribution in [2.75, 3.05) is 0 Å². The molecule has 0 heterocycles. The van der Waals surface area contributed by atoms with Crippen LogP contribution in [-0.4, -0.2) is 22.8 Å². The Labute approximate surface area is 127 Å². The predicted octanol–water partition coefficient (Wildman–Crippen LogP) is 3.15. The van der Waals surface area contributed by atoms with Crippen LogP contribution in [0, 0.1) is 35.0 Å². The molecular weight excluding hydrogens is 264 g/mol. The zero-order valence-electron chi connectivity index (χ0n) is 13.5. The van der Waals surface area contributed by atoms with Gasteiger partial charge < -0.3 is 9.84 Å². The Bertz CT molecular complexity index is 467. The minimum absolute atomic E-state index is 0.0217. The van der Waals surface area contributed by atoms with Crippen LogP contribution in [0.1, 0.15) is 59.3 Å². The van der Waals surface area contributed by atoms with Crippen molar-refractivity contribution in [3.05, 3.63) is 0 Å². The lowest BCUT2D eigenvalue weighted by Crippen LogP contribution is -2.67. The van der Waals surface area contributed by atoms with Gasteiger partial charge in [0.05, 0.1) is 5.92 Å². The van der Waals surface area contributed by atoms with Crippen LogP contribution in [0.3, 0.4) is 0 Å². The van der Waals surface area contributed by atoms with Gasteiger partial charge >= 0.3 is 5.97 Å². The van der Waals surface area contributed by atoms with E-state index in [1.54, 1.807) is 0 Å². The molecule has 21 heavy (non-hydrogen) atoms. The fraction of sp³-hybridized carbons (Fsp3) is 0.944. The smallest absolute Gasteiger partial charge is 0.309 e. The monoisotopic (exact) mass is 292 g/mol. The topological polar surface area (TPSA) is 46.5 Å². The van der Waals surface area contributed by atoms with Crippen molar-refractivity contribution in [3.8, 4) is 0 Å². The number of hydrogen-bond acceptors (Lipinski definition) is 3. The highest BCUT2D eigenvalue weighted by Gasteiger charge is 2.64. The first-order valence-electron chi connectivity index (χ1n) is 8.73. The zero-order chi connectivity index (χ0) is 15.0. The maximum Gasteiger partial charge on any atom is 0.309 e. The molecule has 3 nitrogen and oxygen atoms in total. The van der Waals surface area contributed by atoms with Crippen molar-refractivity contribution in [1.29, 1.82) is 0 Å². The molecule has 5 aliphatic carbocycles. The van der Waals surface area contributed by atoms with Crippen LogP contribution in [0.5, 0.6) is 0 Å². The van der Waals surface area contributed by atoms with Gasteiger partial charge in [-0.15, -0.1) is 0 Å². The van der Waals surface area contributed by atoms with Crippen LogP contribution >= 0.6 is 0 Å².